The van der Waals surface area contributed by atoms with Crippen molar-refractivity contribution in [3.63, 3.8) is 0 Å². The molecule has 1 aromatic carbocycles. The van der Waals surface area contributed by atoms with E-state index in [0.717, 1.165) is 11.8 Å². The summed E-state index contributed by atoms with van der Waals surface area (Å²) in [4.78, 5) is 3.70. The third-order valence-corrected chi connectivity index (χ3v) is 4.21. The summed E-state index contributed by atoms with van der Waals surface area (Å²) in [6.45, 7) is 1.83. The molecule has 0 aliphatic carbocycles. The summed E-state index contributed by atoms with van der Waals surface area (Å²) in [7, 11) is -3.78. The SMILES string of the molecule is Cc1ccc(Cl)c(NS(=O)(=O)c2ccc(C#N)nc2)c1. The van der Waals surface area contributed by atoms with Crippen molar-refractivity contribution in [1.82, 2.24) is 4.98 Å². The molecule has 0 aliphatic rings. The topological polar surface area (TPSA) is 82.9 Å². The predicted molar refractivity (Wildman–Crippen MR) is 75.9 cm³/mol. The second-order valence-corrected chi connectivity index (χ2v) is 6.17. The fourth-order valence-electron chi connectivity index (χ4n) is 1.53. The van der Waals surface area contributed by atoms with Gasteiger partial charge in [0.1, 0.15) is 16.7 Å². The number of nitrogens with zero attached hydrogens (tertiary/aromatic N) is 2. The van der Waals surface area contributed by atoms with Crippen molar-refractivity contribution in [2.24, 2.45) is 0 Å². The Morgan fingerprint density at radius 3 is 2.65 bits per heavy atom. The zero-order valence-corrected chi connectivity index (χ0v) is 12.0. The van der Waals surface area contributed by atoms with Crippen molar-refractivity contribution in [3.8, 4) is 6.07 Å². The van der Waals surface area contributed by atoms with Crippen LogP contribution in [0.5, 0.6) is 0 Å². The van der Waals surface area contributed by atoms with E-state index in [4.69, 9.17) is 16.9 Å². The Hall–Kier alpha value is -2.10. The Morgan fingerprint density at radius 1 is 1.30 bits per heavy atom. The third-order valence-electron chi connectivity index (χ3n) is 2.53. The van der Waals surface area contributed by atoms with Crippen LogP contribution in [0.4, 0.5) is 5.69 Å². The summed E-state index contributed by atoms with van der Waals surface area (Å²) < 4.78 is 26.7. The number of halogens is 1. The molecule has 0 fully saturated rings. The molecule has 1 aromatic heterocycles. The lowest BCUT2D eigenvalue weighted by Gasteiger charge is -2.10. The molecule has 0 radical (unpaired) electrons. The van der Waals surface area contributed by atoms with Crippen LogP contribution in [0.2, 0.25) is 5.02 Å². The van der Waals surface area contributed by atoms with E-state index in [2.05, 4.69) is 9.71 Å². The Morgan fingerprint density at radius 2 is 2.05 bits per heavy atom. The molecular weight excluding hydrogens is 298 g/mol. The number of pyridine rings is 1. The van der Waals surface area contributed by atoms with Crippen molar-refractivity contribution in [3.05, 3.63) is 52.8 Å². The zero-order valence-electron chi connectivity index (χ0n) is 10.5. The van der Waals surface area contributed by atoms with Gasteiger partial charge in [-0.1, -0.05) is 17.7 Å². The van der Waals surface area contributed by atoms with Crippen molar-refractivity contribution in [2.45, 2.75) is 11.8 Å². The average Bonchev–Trinajstić information content (AvgIpc) is 2.43. The summed E-state index contributed by atoms with van der Waals surface area (Å²) in [6.07, 6.45) is 1.13. The highest BCUT2D eigenvalue weighted by Crippen LogP contribution is 2.25. The van der Waals surface area contributed by atoms with E-state index < -0.39 is 10.0 Å². The van der Waals surface area contributed by atoms with Crippen LogP contribution in [0.15, 0.2) is 41.4 Å². The lowest BCUT2D eigenvalue weighted by Crippen LogP contribution is -2.13. The first-order valence-electron chi connectivity index (χ1n) is 5.57. The van der Waals surface area contributed by atoms with Gasteiger partial charge in [0.15, 0.2) is 0 Å². The summed E-state index contributed by atoms with van der Waals surface area (Å²) in [5.74, 6) is 0. The molecule has 2 rings (SSSR count). The standard InChI is InChI=1S/C13H10ClN3O2S/c1-9-2-5-12(14)13(6-9)17-20(18,19)11-4-3-10(7-15)16-8-11/h2-6,8,17H,1H3. The maximum Gasteiger partial charge on any atom is 0.263 e. The smallest absolute Gasteiger partial charge is 0.263 e. The van der Waals surface area contributed by atoms with Gasteiger partial charge in [-0.25, -0.2) is 13.4 Å². The van der Waals surface area contributed by atoms with Crippen LogP contribution >= 0.6 is 11.6 Å². The highest BCUT2D eigenvalue weighted by molar-refractivity contribution is 7.92. The van der Waals surface area contributed by atoms with Crippen LogP contribution in [0.3, 0.4) is 0 Å². The van der Waals surface area contributed by atoms with Gasteiger partial charge >= 0.3 is 0 Å². The van der Waals surface area contributed by atoms with Gasteiger partial charge in [0, 0.05) is 6.20 Å². The molecule has 0 atom stereocenters. The number of hydrogen-bond acceptors (Lipinski definition) is 4. The van der Waals surface area contributed by atoms with E-state index in [1.165, 1.54) is 12.1 Å². The van der Waals surface area contributed by atoms with E-state index in [-0.39, 0.29) is 10.6 Å². The lowest BCUT2D eigenvalue weighted by molar-refractivity contribution is 0.601. The second kappa shape index (κ2) is 5.49. The van der Waals surface area contributed by atoms with Crippen LogP contribution in [0.25, 0.3) is 0 Å². The highest BCUT2D eigenvalue weighted by atomic mass is 35.5. The number of hydrogen-bond donors (Lipinski definition) is 1. The Bertz CT molecular complexity index is 780. The maximum atomic E-state index is 12.2. The minimum atomic E-state index is -3.78. The number of aromatic nitrogens is 1. The number of anilines is 1. The fraction of sp³-hybridized carbons (Fsp3) is 0.0769. The summed E-state index contributed by atoms with van der Waals surface area (Å²) in [5, 5.41) is 8.94. The molecule has 0 amide bonds. The molecule has 0 saturated heterocycles. The number of nitriles is 1. The van der Waals surface area contributed by atoms with E-state index >= 15 is 0 Å². The molecule has 0 unspecified atom stereocenters. The summed E-state index contributed by atoms with van der Waals surface area (Å²) in [5.41, 5.74) is 1.33. The molecule has 7 heteroatoms. The maximum absolute atomic E-state index is 12.2. The molecule has 0 spiro atoms. The van der Waals surface area contributed by atoms with Crippen LogP contribution in [-0.4, -0.2) is 13.4 Å². The molecule has 5 nitrogen and oxygen atoms in total. The number of sulfonamides is 1. The molecule has 1 heterocycles. The fourth-order valence-corrected chi connectivity index (χ4v) is 2.76. The molecule has 102 valence electrons. The van der Waals surface area contributed by atoms with E-state index in [1.54, 1.807) is 18.2 Å². The quantitative estimate of drug-likeness (QED) is 0.945. The van der Waals surface area contributed by atoms with Gasteiger partial charge in [0.05, 0.1) is 10.7 Å². The summed E-state index contributed by atoms with van der Waals surface area (Å²) in [6, 6.07) is 9.52. The second-order valence-electron chi connectivity index (χ2n) is 4.08. The van der Waals surface area contributed by atoms with Gasteiger partial charge in [-0.2, -0.15) is 5.26 Å². The first kappa shape index (κ1) is 14.3. The van der Waals surface area contributed by atoms with Gasteiger partial charge in [0.25, 0.3) is 10.0 Å². The number of aryl methyl sites for hydroxylation is 1. The van der Waals surface area contributed by atoms with Crippen molar-refractivity contribution in [2.75, 3.05) is 4.72 Å². The highest BCUT2D eigenvalue weighted by Gasteiger charge is 2.16. The number of nitrogens with one attached hydrogen (secondary N) is 1. The molecule has 0 saturated carbocycles. The van der Waals surface area contributed by atoms with E-state index in [9.17, 15) is 8.42 Å². The molecule has 1 N–H and O–H groups in total. The molecule has 0 aliphatic heterocycles. The Labute approximate surface area is 121 Å². The molecule has 0 bridgehead atoms. The van der Waals surface area contributed by atoms with Crippen LogP contribution < -0.4 is 4.72 Å². The largest absolute Gasteiger partial charge is 0.278 e. The Kier molecular flexibility index (Phi) is 3.93. The zero-order chi connectivity index (χ0) is 14.8. The monoisotopic (exact) mass is 307 g/mol. The first-order valence-corrected chi connectivity index (χ1v) is 7.43. The van der Waals surface area contributed by atoms with Crippen molar-refractivity contribution < 1.29 is 8.42 Å². The van der Waals surface area contributed by atoms with Crippen LogP contribution in [0, 0.1) is 18.3 Å². The van der Waals surface area contributed by atoms with E-state index in [1.807, 2.05) is 13.0 Å². The van der Waals surface area contributed by atoms with Gasteiger partial charge in [-0.3, -0.25) is 4.72 Å². The third kappa shape index (κ3) is 3.07. The van der Waals surface area contributed by atoms with Crippen molar-refractivity contribution in [1.29, 1.82) is 5.26 Å². The Balaban J connectivity index is 2.35. The average molecular weight is 308 g/mol. The van der Waals surface area contributed by atoms with Crippen LogP contribution in [0.1, 0.15) is 11.3 Å². The normalized spacial score (nSPS) is 10.8. The van der Waals surface area contributed by atoms with Crippen LogP contribution in [-0.2, 0) is 10.0 Å². The van der Waals surface area contributed by atoms with Gasteiger partial charge < -0.3 is 0 Å². The van der Waals surface area contributed by atoms with Gasteiger partial charge in [-0.05, 0) is 36.8 Å². The predicted octanol–water partition coefficient (Wildman–Crippen LogP) is 2.72. The number of rotatable bonds is 3. The minimum absolute atomic E-state index is 0.0333. The van der Waals surface area contributed by atoms with E-state index in [0.29, 0.717) is 10.7 Å². The minimum Gasteiger partial charge on any atom is -0.278 e. The van der Waals surface area contributed by atoms with Gasteiger partial charge in [0.2, 0.25) is 0 Å². The van der Waals surface area contributed by atoms with Crippen molar-refractivity contribution >= 4 is 27.3 Å². The molecule has 20 heavy (non-hydrogen) atoms. The number of benzene rings is 1. The van der Waals surface area contributed by atoms with Gasteiger partial charge in [-0.15, -0.1) is 0 Å². The lowest BCUT2D eigenvalue weighted by atomic mass is 10.2. The molecular formula is C13H10ClN3O2S. The first-order chi connectivity index (χ1) is 9.42. The summed E-state index contributed by atoms with van der Waals surface area (Å²) >= 11 is 5.95. The molecule has 2 aromatic rings.